The average molecular weight is 546 g/mol. The van der Waals surface area contributed by atoms with Crippen LogP contribution >= 0.6 is 11.6 Å². The second kappa shape index (κ2) is 10.5. The van der Waals surface area contributed by atoms with Gasteiger partial charge in [0.1, 0.15) is 11.5 Å². The zero-order valence-corrected chi connectivity index (χ0v) is 24.6. The molecule has 5 nitrogen and oxygen atoms in total. The lowest BCUT2D eigenvalue weighted by molar-refractivity contribution is -0.132. The van der Waals surface area contributed by atoms with Crippen LogP contribution in [0.4, 0.5) is 5.69 Å². The van der Waals surface area contributed by atoms with Gasteiger partial charge in [-0.2, -0.15) is 0 Å². The van der Waals surface area contributed by atoms with E-state index in [0.29, 0.717) is 22.0 Å². The smallest absolute Gasteiger partial charge is 0.300 e. The highest BCUT2D eigenvalue weighted by Gasteiger charge is 2.47. The fraction of sp³-hybridized carbons (Fsp3) is 0.333. The maximum Gasteiger partial charge on any atom is 0.300 e. The molecular weight excluding hydrogens is 510 g/mol. The number of benzene rings is 3. The van der Waals surface area contributed by atoms with E-state index in [1.807, 2.05) is 64.1 Å². The van der Waals surface area contributed by atoms with Crippen LogP contribution in [-0.2, 0) is 15.0 Å². The van der Waals surface area contributed by atoms with Crippen LogP contribution < -0.4 is 9.64 Å². The summed E-state index contributed by atoms with van der Waals surface area (Å²) in [6.45, 7) is 14.2. The van der Waals surface area contributed by atoms with Crippen LogP contribution in [0.5, 0.6) is 5.75 Å². The first-order chi connectivity index (χ1) is 18.3. The van der Waals surface area contributed by atoms with E-state index in [4.69, 9.17) is 16.3 Å². The van der Waals surface area contributed by atoms with Crippen molar-refractivity contribution in [1.82, 2.24) is 0 Å². The molecule has 1 heterocycles. The fourth-order valence-electron chi connectivity index (χ4n) is 5.18. The maximum absolute atomic E-state index is 13.7. The highest BCUT2D eigenvalue weighted by Crippen LogP contribution is 2.45. The molecule has 1 saturated heterocycles. The minimum atomic E-state index is -0.817. The van der Waals surface area contributed by atoms with Crippen LogP contribution in [0, 0.1) is 13.8 Å². The number of amides is 1. The minimum Gasteiger partial charge on any atom is -0.507 e. The standard InChI is InChI=1S/C33H36ClNO4/c1-18(2)24-17-25(19(3)16-27(24)39-8)30(36)28-29(21-9-11-22(12-10-21)33(5,6)7)35(32(38)31(28)37)26-14-13-23(34)15-20(26)4/h9-18,29,36H,1-8H3/b30-28+. The molecule has 0 aromatic heterocycles. The van der Waals surface area contributed by atoms with Gasteiger partial charge in [-0.15, -0.1) is 0 Å². The summed E-state index contributed by atoms with van der Waals surface area (Å²) in [7, 11) is 1.61. The highest BCUT2D eigenvalue weighted by atomic mass is 35.5. The van der Waals surface area contributed by atoms with Gasteiger partial charge in [0, 0.05) is 16.3 Å². The molecule has 1 aliphatic heterocycles. The Bertz CT molecular complexity index is 1480. The lowest BCUT2D eigenvalue weighted by Gasteiger charge is -2.28. The molecule has 3 aromatic carbocycles. The van der Waals surface area contributed by atoms with Gasteiger partial charge in [0.15, 0.2) is 0 Å². The molecule has 1 N–H and O–H groups in total. The molecule has 3 aromatic rings. The van der Waals surface area contributed by atoms with E-state index in [1.54, 1.807) is 25.3 Å². The first-order valence-electron chi connectivity index (χ1n) is 13.1. The van der Waals surface area contributed by atoms with Crippen molar-refractivity contribution in [2.45, 2.75) is 65.8 Å². The summed E-state index contributed by atoms with van der Waals surface area (Å²) in [5.74, 6) is -0.790. The third kappa shape index (κ3) is 5.20. The number of methoxy groups -OCH3 is 1. The average Bonchev–Trinajstić information content (AvgIpc) is 3.13. The molecule has 1 aliphatic rings. The fourth-order valence-corrected chi connectivity index (χ4v) is 5.40. The van der Waals surface area contributed by atoms with E-state index in [2.05, 4.69) is 20.8 Å². The van der Waals surface area contributed by atoms with E-state index in [0.717, 1.165) is 27.8 Å². The summed E-state index contributed by atoms with van der Waals surface area (Å²) in [4.78, 5) is 28.8. The molecule has 0 saturated carbocycles. The largest absolute Gasteiger partial charge is 0.507 e. The van der Waals surface area contributed by atoms with Crippen LogP contribution in [0.3, 0.4) is 0 Å². The molecule has 1 amide bonds. The lowest BCUT2D eigenvalue weighted by Crippen LogP contribution is -2.30. The Morgan fingerprint density at radius 1 is 0.974 bits per heavy atom. The quantitative estimate of drug-likeness (QED) is 0.200. The van der Waals surface area contributed by atoms with Crippen molar-refractivity contribution >= 4 is 34.7 Å². The van der Waals surface area contributed by atoms with Crippen LogP contribution in [0.15, 0.2) is 60.2 Å². The summed E-state index contributed by atoms with van der Waals surface area (Å²) in [6.07, 6.45) is 0. The highest BCUT2D eigenvalue weighted by molar-refractivity contribution is 6.52. The van der Waals surface area contributed by atoms with Gasteiger partial charge in [0.05, 0.1) is 18.7 Å². The van der Waals surface area contributed by atoms with Gasteiger partial charge in [-0.25, -0.2) is 0 Å². The first kappa shape index (κ1) is 28.4. The van der Waals surface area contributed by atoms with Gasteiger partial charge < -0.3 is 9.84 Å². The lowest BCUT2D eigenvalue weighted by atomic mass is 9.85. The number of carbonyl (C=O) groups excluding carboxylic acids is 2. The van der Waals surface area contributed by atoms with Crippen molar-refractivity contribution in [2.75, 3.05) is 12.0 Å². The van der Waals surface area contributed by atoms with E-state index in [-0.39, 0.29) is 22.7 Å². The van der Waals surface area contributed by atoms with E-state index >= 15 is 0 Å². The number of rotatable bonds is 5. The zero-order valence-electron chi connectivity index (χ0n) is 23.8. The zero-order chi connectivity index (χ0) is 28.8. The summed E-state index contributed by atoms with van der Waals surface area (Å²) in [5.41, 5.74) is 5.31. The maximum atomic E-state index is 13.7. The number of aliphatic hydroxyl groups excluding tert-OH is 1. The van der Waals surface area contributed by atoms with Crippen molar-refractivity contribution in [3.8, 4) is 5.75 Å². The van der Waals surface area contributed by atoms with E-state index < -0.39 is 17.7 Å². The SMILES string of the molecule is COc1cc(C)c(/C(O)=C2\C(=O)C(=O)N(c3ccc(Cl)cc3C)C2c2ccc(C(C)(C)C)cc2)cc1C(C)C. The molecular formula is C33H36ClNO4. The molecule has 1 unspecified atom stereocenters. The Kier molecular flexibility index (Phi) is 7.68. The second-order valence-corrected chi connectivity index (χ2v) is 12.0. The van der Waals surface area contributed by atoms with Crippen molar-refractivity contribution in [3.63, 3.8) is 0 Å². The predicted molar refractivity (Wildman–Crippen MR) is 158 cm³/mol. The number of hydrogen-bond donors (Lipinski definition) is 1. The minimum absolute atomic E-state index is 0.0563. The summed E-state index contributed by atoms with van der Waals surface area (Å²) in [5, 5.41) is 12.3. The molecule has 1 atom stereocenters. The number of nitrogens with zero attached hydrogens (tertiary/aromatic N) is 1. The molecule has 204 valence electrons. The van der Waals surface area contributed by atoms with Gasteiger partial charge in [-0.3, -0.25) is 14.5 Å². The molecule has 39 heavy (non-hydrogen) atoms. The topological polar surface area (TPSA) is 66.8 Å². The normalized spacial score (nSPS) is 17.3. The number of aryl methyl sites for hydroxylation is 2. The van der Waals surface area contributed by atoms with Crippen LogP contribution in [0.1, 0.15) is 80.0 Å². The van der Waals surface area contributed by atoms with Gasteiger partial charge >= 0.3 is 0 Å². The molecule has 0 bridgehead atoms. The van der Waals surface area contributed by atoms with Gasteiger partial charge in [-0.05, 0) is 83.3 Å². The molecule has 4 rings (SSSR count). The Morgan fingerprint density at radius 2 is 1.62 bits per heavy atom. The van der Waals surface area contributed by atoms with Gasteiger partial charge in [0.25, 0.3) is 11.7 Å². The summed E-state index contributed by atoms with van der Waals surface area (Å²) in [6, 6.07) is 16.0. The Hall–Kier alpha value is -3.57. The molecule has 0 spiro atoms. The van der Waals surface area contributed by atoms with Crippen molar-refractivity contribution in [1.29, 1.82) is 0 Å². The Balaban J connectivity index is 2.00. The number of carbonyl (C=O) groups is 2. The van der Waals surface area contributed by atoms with Crippen LogP contribution in [0.2, 0.25) is 5.02 Å². The monoisotopic (exact) mass is 545 g/mol. The van der Waals surface area contributed by atoms with E-state index in [1.165, 1.54) is 4.90 Å². The Labute approximate surface area is 236 Å². The molecule has 6 heteroatoms. The first-order valence-corrected chi connectivity index (χ1v) is 13.5. The predicted octanol–water partition coefficient (Wildman–Crippen LogP) is 8.01. The van der Waals surface area contributed by atoms with Crippen molar-refractivity contribution in [3.05, 3.63) is 98.6 Å². The number of ether oxygens (including phenoxy) is 1. The third-order valence-electron chi connectivity index (χ3n) is 7.41. The number of aliphatic hydroxyl groups is 1. The number of hydrogen-bond acceptors (Lipinski definition) is 4. The van der Waals surface area contributed by atoms with Crippen molar-refractivity contribution < 1.29 is 19.4 Å². The molecule has 0 aliphatic carbocycles. The molecule has 1 fully saturated rings. The van der Waals surface area contributed by atoms with Crippen LogP contribution in [-0.4, -0.2) is 23.9 Å². The number of anilines is 1. The third-order valence-corrected chi connectivity index (χ3v) is 7.64. The van der Waals surface area contributed by atoms with Gasteiger partial charge in [0.2, 0.25) is 0 Å². The van der Waals surface area contributed by atoms with Crippen LogP contribution in [0.25, 0.3) is 5.76 Å². The Morgan fingerprint density at radius 3 is 2.15 bits per heavy atom. The summed E-state index contributed by atoms with van der Waals surface area (Å²) >= 11 is 6.21. The van der Waals surface area contributed by atoms with Gasteiger partial charge in [-0.1, -0.05) is 70.5 Å². The number of Topliss-reactive ketones (excluding diaryl/α,β-unsaturated/α-hetero) is 1. The second-order valence-electron chi connectivity index (χ2n) is 11.5. The molecule has 0 radical (unpaired) electrons. The number of ketones is 1. The van der Waals surface area contributed by atoms with Crippen molar-refractivity contribution in [2.24, 2.45) is 0 Å². The summed E-state index contributed by atoms with van der Waals surface area (Å²) < 4.78 is 5.57. The van der Waals surface area contributed by atoms with E-state index in [9.17, 15) is 14.7 Å². The number of halogens is 1.